The summed E-state index contributed by atoms with van der Waals surface area (Å²) in [5, 5.41) is 0. The molecule has 0 spiro atoms. The van der Waals surface area contributed by atoms with Gasteiger partial charge in [0.15, 0.2) is 0 Å². The Morgan fingerprint density at radius 2 is 1.14 bits per heavy atom. The van der Waals surface area contributed by atoms with Crippen LogP contribution in [-0.4, -0.2) is 28.4 Å². The average Bonchev–Trinajstić information content (AvgIpc) is 3.27. The Hall–Kier alpha value is -4.05. The maximum absolute atomic E-state index is 5.93. The highest BCUT2D eigenvalue weighted by molar-refractivity contribution is 5.51. The van der Waals surface area contributed by atoms with Gasteiger partial charge >= 0.3 is 0 Å². The van der Waals surface area contributed by atoms with E-state index in [2.05, 4.69) is 95.5 Å². The van der Waals surface area contributed by atoms with Crippen molar-refractivity contribution < 1.29 is 14.0 Å². The van der Waals surface area contributed by atoms with Gasteiger partial charge in [0.1, 0.15) is 50.4 Å². The minimum Gasteiger partial charge on any atom is -0.489 e. The van der Waals surface area contributed by atoms with Crippen LogP contribution in [0.2, 0.25) is 0 Å². The molecule has 4 nitrogen and oxygen atoms in total. The van der Waals surface area contributed by atoms with Gasteiger partial charge in [-0.2, -0.15) is 0 Å². The number of hydrogen-bond acceptors (Lipinski definition) is 3. The molecule has 4 aromatic carbocycles. The summed E-state index contributed by atoms with van der Waals surface area (Å²) in [6, 6.07) is 37.9. The Labute approximate surface area is 214 Å². The summed E-state index contributed by atoms with van der Waals surface area (Å²) >= 11 is 0. The van der Waals surface area contributed by atoms with Crippen LogP contribution in [0.4, 0.5) is 0 Å². The highest BCUT2D eigenvalue weighted by Crippen LogP contribution is 2.19. The fourth-order valence-corrected chi connectivity index (χ4v) is 4.43. The van der Waals surface area contributed by atoms with E-state index in [1.54, 1.807) is 0 Å². The van der Waals surface area contributed by atoms with Crippen molar-refractivity contribution in [2.24, 2.45) is 0 Å². The molecule has 0 bridgehead atoms. The molecular formula is C32H33N2O2+. The predicted molar refractivity (Wildman–Crippen MR) is 144 cm³/mol. The molecular weight excluding hydrogens is 444 g/mol. The fraction of sp³-hybridized carbons (Fsp3) is 0.219. The summed E-state index contributed by atoms with van der Waals surface area (Å²) in [6.07, 6.45) is 2.27. The van der Waals surface area contributed by atoms with E-state index in [9.17, 15) is 0 Å². The molecule has 0 saturated carbocycles. The molecule has 1 unspecified atom stereocenters. The van der Waals surface area contributed by atoms with Crippen LogP contribution in [0.3, 0.4) is 0 Å². The third kappa shape index (κ3) is 6.54. The van der Waals surface area contributed by atoms with Crippen molar-refractivity contribution in [3.63, 3.8) is 0 Å². The average molecular weight is 478 g/mol. The molecule has 0 aromatic heterocycles. The Morgan fingerprint density at radius 3 is 1.67 bits per heavy atom. The monoisotopic (exact) mass is 477 g/mol. The third-order valence-electron chi connectivity index (χ3n) is 6.47. The van der Waals surface area contributed by atoms with Gasteiger partial charge in [0.05, 0.1) is 0 Å². The Kier molecular flexibility index (Phi) is 7.62. The molecule has 0 N–H and O–H groups in total. The lowest BCUT2D eigenvalue weighted by Crippen LogP contribution is -2.28. The van der Waals surface area contributed by atoms with E-state index >= 15 is 0 Å². The summed E-state index contributed by atoms with van der Waals surface area (Å²) in [7, 11) is 0. The molecule has 5 rings (SSSR count). The van der Waals surface area contributed by atoms with Crippen molar-refractivity contribution in [1.29, 1.82) is 0 Å². The molecule has 4 heteroatoms. The summed E-state index contributed by atoms with van der Waals surface area (Å²) in [5.41, 5.74) is 4.92. The first kappa shape index (κ1) is 23.7. The second-order valence-corrected chi connectivity index (χ2v) is 9.40. The van der Waals surface area contributed by atoms with Crippen LogP contribution in [0.1, 0.15) is 29.2 Å². The van der Waals surface area contributed by atoms with Crippen molar-refractivity contribution in [2.45, 2.75) is 39.3 Å². The van der Waals surface area contributed by atoms with Crippen LogP contribution in [0.25, 0.3) is 0 Å². The maximum atomic E-state index is 5.93. The number of rotatable bonds is 10. The smallest absolute Gasteiger partial charge is 0.235 e. The maximum Gasteiger partial charge on any atom is 0.235 e. The van der Waals surface area contributed by atoms with Gasteiger partial charge in [-0.3, -0.25) is 9.48 Å². The van der Waals surface area contributed by atoms with E-state index in [4.69, 9.17) is 9.47 Å². The lowest BCUT2D eigenvalue weighted by molar-refractivity contribution is -0.533. The van der Waals surface area contributed by atoms with E-state index in [0.717, 1.165) is 31.1 Å². The zero-order chi connectivity index (χ0) is 24.6. The SMILES string of the molecule is CC1C[N+](Cc2ccc(OCc3ccccc3)cc2)=CN1Cc1ccc(OCc2ccccc2)cc1. The number of ether oxygens (including phenoxy) is 2. The van der Waals surface area contributed by atoms with Gasteiger partial charge in [-0.25, -0.2) is 0 Å². The van der Waals surface area contributed by atoms with Crippen LogP contribution >= 0.6 is 0 Å². The van der Waals surface area contributed by atoms with Crippen LogP contribution in [0.15, 0.2) is 109 Å². The molecule has 0 radical (unpaired) electrons. The van der Waals surface area contributed by atoms with E-state index < -0.39 is 0 Å². The Balaban J connectivity index is 1.12. The lowest BCUT2D eigenvalue weighted by atomic mass is 10.2. The largest absolute Gasteiger partial charge is 0.489 e. The number of hydrogen-bond donors (Lipinski definition) is 0. The van der Waals surface area contributed by atoms with Crippen LogP contribution in [-0.2, 0) is 26.3 Å². The Morgan fingerprint density at radius 1 is 0.639 bits per heavy atom. The van der Waals surface area contributed by atoms with Crippen LogP contribution < -0.4 is 9.47 Å². The minimum atomic E-state index is 0.465. The summed E-state index contributed by atoms with van der Waals surface area (Å²) in [6.45, 7) is 6.27. The van der Waals surface area contributed by atoms with Gasteiger partial charge in [0.2, 0.25) is 6.34 Å². The van der Waals surface area contributed by atoms with Crippen molar-refractivity contribution in [3.8, 4) is 11.5 Å². The van der Waals surface area contributed by atoms with Crippen LogP contribution in [0.5, 0.6) is 11.5 Å². The quantitative estimate of drug-likeness (QED) is 0.251. The molecule has 0 fully saturated rings. The van der Waals surface area contributed by atoms with E-state index in [-0.39, 0.29) is 0 Å². The summed E-state index contributed by atoms with van der Waals surface area (Å²) in [4.78, 5) is 2.41. The zero-order valence-electron chi connectivity index (χ0n) is 20.8. The first-order valence-corrected chi connectivity index (χ1v) is 12.6. The van der Waals surface area contributed by atoms with Gasteiger partial charge in [-0.05, 0) is 53.4 Å². The summed E-state index contributed by atoms with van der Waals surface area (Å²) < 4.78 is 14.2. The normalized spacial score (nSPS) is 15.0. The molecule has 1 aliphatic rings. The van der Waals surface area contributed by atoms with Crippen molar-refractivity contribution >= 4 is 6.34 Å². The fourth-order valence-electron chi connectivity index (χ4n) is 4.43. The van der Waals surface area contributed by atoms with Gasteiger partial charge in [0, 0.05) is 0 Å². The molecule has 0 amide bonds. The first-order chi connectivity index (χ1) is 17.7. The van der Waals surface area contributed by atoms with E-state index in [1.807, 2.05) is 36.4 Å². The number of nitrogens with zero attached hydrogens (tertiary/aromatic N) is 2. The molecule has 0 aliphatic carbocycles. The van der Waals surface area contributed by atoms with E-state index in [1.165, 1.54) is 22.3 Å². The van der Waals surface area contributed by atoms with Crippen molar-refractivity contribution in [1.82, 2.24) is 4.90 Å². The number of benzene rings is 4. The lowest BCUT2D eigenvalue weighted by Gasteiger charge is -2.13. The summed E-state index contributed by atoms with van der Waals surface area (Å²) in [5.74, 6) is 1.80. The van der Waals surface area contributed by atoms with Crippen molar-refractivity contribution in [3.05, 3.63) is 131 Å². The topological polar surface area (TPSA) is 24.7 Å². The highest BCUT2D eigenvalue weighted by Gasteiger charge is 2.27. The standard InChI is InChI=1S/C32H33N2O2/c1-26-20-33(21-27-12-16-31(17-13-27)35-23-29-8-4-2-5-9-29)25-34(26)22-28-14-18-32(19-15-28)36-24-30-10-6-3-7-11-30/h2-19,25-26H,20-24H2,1H3/q+1. The highest BCUT2D eigenvalue weighted by atomic mass is 16.5. The Bertz CT molecular complexity index is 1250. The van der Waals surface area contributed by atoms with Gasteiger partial charge < -0.3 is 9.47 Å². The molecule has 0 saturated heterocycles. The molecule has 182 valence electrons. The van der Waals surface area contributed by atoms with Gasteiger partial charge in [0.25, 0.3) is 0 Å². The predicted octanol–water partition coefficient (Wildman–Crippen LogP) is 6.29. The molecule has 1 aliphatic heterocycles. The minimum absolute atomic E-state index is 0.465. The molecule has 4 aromatic rings. The first-order valence-electron chi connectivity index (χ1n) is 12.6. The zero-order valence-corrected chi connectivity index (χ0v) is 20.8. The molecule has 36 heavy (non-hydrogen) atoms. The third-order valence-corrected chi connectivity index (χ3v) is 6.47. The van der Waals surface area contributed by atoms with Crippen molar-refractivity contribution in [2.75, 3.05) is 6.54 Å². The van der Waals surface area contributed by atoms with Gasteiger partial charge in [-0.15, -0.1) is 0 Å². The van der Waals surface area contributed by atoms with E-state index in [0.29, 0.717) is 19.3 Å². The molecule has 1 atom stereocenters. The van der Waals surface area contributed by atoms with Crippen LogP contribution in [0, 0.1) is 0 Å². The molecule has 1 heterocycles. The second kappa shape index (κ2) is 11.6. The van der Waals surface area contributed by atoms with Gasteiger partial charge in [-0.1, -0.05) is 84.9 Å². The second-order valence-electron chi connectivity index (χ2n) is 9.40.